The molecule has 3 rings (SSSR count). The predicted molar refractivity (Wildman–Crippen MR) is 118 cm³/mol. The molecule has 0 aliphatic carbocycles. The topological polar surface area (TPSA) is 65.1 Å². The first-order valence-corrected chi connectivity index (χ1v) is 13.7. The minimum absolute atomic E-state index is 0.0665. The number of fused-ring (bicyclic) bond motifs is 1. The molecule has 30 heavy (non-hydrogen) atoms. The molecule has 0 spiro atoms. The van der Waals surface area contributed by atoms with Gasteiger partial charge < -0.3 is 13.9 Å². The summed E-state index contributed by atoms with van der Waals surface area (Å²) in [6, 6.07) is 9.91. The summed E-state index contributed by atoms with van der Waals surface area (Å²) in [6.07, 6.45) is 1.66. The summed E-state index contributed by atoms with van der Waals surface area (Å²) in [5, 5.41) is 0.0748. The van der Waals surface area contributed by atoms with Crippen molar-refractivity contribution in [2.75, 3.05) is 7.11 Å². The number of nitrogens with zero attached hydrogens (tertiary/aromatic N) is 1. The first-order valence-electron chi connectivity index (χ1n) is 10.8. The van der Waals surface area contributed by atoms with Gasteiger partial charge in [0, 0.05) is 6.04 Å². The Morgan fingerprint density at radius 1 is 1.23 bits per heavy atom. The van der Waals surface area contributed by atoms with E-state index in [0.29, 0.717) is 6.42 Å². The Hall–Kier alpha value is -1.86. The van der Waals surface area contributed by atoms with E-state index in [0.717, 1.165) is 18.4 Å². The molecule has 0 saturated carbocycles. The Kier molecular flexibility index (Phi) is 6.62. The molecule has 0 bridgehead atoms. The highest BCUT2D eigenvalue weighted by molar-refractivity contribution is 6.74. The molecule has 166 valence electrons. The number of benzene rings is 1. The highest BCUT2D eigenvalue weighted by Crippen LogP contribution is 2.43. The van der Waals surface area contributed by atoms with Crippen LogP contribution in [0.5, 0.6) is 0 Å². The number of piperidine rings is 1. The number of ether oxygens (including phenoxy) is 2. The average Bonchev–Trinajstić information content (AvgIpc) is 3.06. The molecule has 7 heteroatoms. The third-order valence-electron chi connectivity index (χ3n) is 6.91. The number of hydrogen-bond donors (Lipinski definition) is 0. The molecule has 1 aromatic carbocycles. The van der Waals surface area contributed by atoms with E-state index in [1.165, 1.54) is 7.11 Å². The second kappa shape index (κ2) is 8.71. The zero-order valence-corrected chi connectivity index (χ0v) is 20.0. The monoisotopic (exact) mass is 433 g/mol. The third-order valence-corrected chi connectivity index (χ3v) is 11.4. The summed E-state index contributed by atoms with van der Waals surface area (Å²) >= 11 is 0. The number of rotatable bonds is 5. The van der Waals surface area contributed by atoms with Crippen molar-refractivity contribution in [2.45, 2.75) is 88.9 Å². The molecule has 1 aromatic rings. The lowest BCUT2D eigenvalue weighted by Crippen LogP contribution is -2.55. The minimum Gasteiger partial charge on any atom is -0.460 e. The Bertz CT molecular complexity index is 761. The fraction of sp³-hybridized carbons (Fsp3) is 0.652. The van der Waals surface area contributed by atoms with Gasteiger partial charge in [0.05, 0.1) is 25.7 Å². The Morgan fingerprint density at radius 2 is 1.90 bits per heavy atom. The van der Waals surface area contributed by atoms with E-state index >= 15 is 0 Å². The van der Waals surface area contributed by atoms with Gasteiger partial charge in [-0.3, -0.25) is 9.69 Å². The first kappa shape index (κ1) is 22.8. The summed E-state index contributed by atoms with van der Waals surface area (Å²) in [5.41, 5.74) is 1.12. The molecular formula is C23H35NO5Si. The normalized spacial score (nSPS) is 25.5. The lowest BCUT2D eigenvalue weighted by molar-refractivity contribution is -0.142. The largest absolute Gasteiger partial charge is 0.460 e. The van der Waals surface area contributed by atoms with Gasteiger partial charge >= 0.3 is 12.1 Å². The van der Waals surface area contributed by atoms with Gasteiger partial charge in [0.1, 0.15) is 6.10 Å². The van der Waals surface area contributed by atoms with Crippen molar-refractivity contribution in [2.24, 2.45) is 0 Å². The van der Waals surface area contributed by atoms with Gasteiger partial charge in [-0.25, -0.2) is 4.79 Å². The zero-order valence-electron chi connectivity index (χ0n) is 19.0. The standard InChI is InChI=1S/C23H35NO5Si/c1-23(2,3)30(5,6)29-20(16-10-8-7-9-11-16)14-17-12-13-19-18(15-21(25)28-19)24(17)22(26)27-4/h7-11,17-20H,12-15H2,1-6H3/t17-,18-,19-,20-/m0/s1. The Morgan fingerprint density at radius 3 is 2.50 bits per heavy atom. The number of likely N-dealkylation sites (tertiary alicyclic amines) is 1. The molecular weight excluding hydrogens is 398 g/mol. The van der Waals surface area contributed by atoms with Crippen LogP contribution in [0.4, 0.5) is 4.79 Å². The molecule has 2 aliphatic rings. The molecule has 2 saturated heterocycles. The molecule has 0 aromatic heterocycles. The van der Waals surface area contributed by atoms with Crippen molar-refractivity contribution in [1.29, 1.82) is 0 Å². The fourth-order valence-corrected chi connectivity index (χ4v) is 5.51. The number of hydrogen-bond acceptors (Lipinski definition) is 5. The SMILES string of the molecule is COC(=O)N1[C@H](C[C@H](O[Si](C)(C)C(C)(C)C)c2ccccc2)CC[C@@H]2OC(=O)C[C@@H]21. The molecule has 0 unspecified atom stereocenters. The van der Waals surface area contributed by atoms with Crippen LogP contribution in [0.2, 0.25) is 18.1 Å². The zero-order chi connectivity index (χ0) is 22.1. The lowest BCUT2D eigenvalue weighted by atomic mass is 9.89. The van der Waals surface area contributed by atoms with E-state index in [4.69, 9.17) is 13.9 Å². The molecule has 6 nitrogen and oxygen atoms in total. The Balaban J connectivity index is 1.88. The van der Waals surface area contributed by atoms with Gasteiger partial charge in [-0.1, -0.05) is 51.1 Å². The van der Waals surface area contributed by atoms with Crippen LogP contribution in [-0.4, -0.2) is 50.6 Å². The summed E-state index contributed by atoms with van der Waals surface area (Å²) < 4.78 is 17.4. The highest BCUT2D eigenvalue weighted by Gasteiger charge is 2.48. The Labute approximate surface area is 181 Å². The molecule has 2 fully saturated rings. The third kappa shape index (κ3) is 4.72. The maximum atomic E-state index is 12.7. The summed E-state index contributed by atoms with van der Waals surface area (Å²) in [4.78, 5) is 26.3. The first-order chi connectivity index (χ1) is 14.0. The van der Waals surface area contributed by atoms with Crippen molar-refractivity contribution in [3.8, 4) is 0 Å². The number of carbonyl (C=O) groups is 2. The van der Waals surface area contributed by atoms with Gasteiger partial charge in [-0.05, 0) is 43.0 Å². The number of carbonyl (C=O) groups excluding carboxylic acids is 2. The van der Waals surface area contributed by atoms with E-state index in [2.05, 4.69) is 46.0 Å². The van der Waals surface area contributed by atoms with E-state index in [1.807, 2.05) is 18.2 Å². The van der Waals surface area contributed by atoms with Crippen molar-refractivity contribution in [1.82, 2.24) is 4.90 Å². The summed E-state index contributed by atoms with van der Waals surface area (Å²) in [6.45, 7) is 11.2. The smallest absolute Gasteiger partial charge is 0.410 e. The molecule has 2 heterocycles. The van der Waals surface area contributed by atoms with E-state index in [1.54, 1.807) is 4.90 Å². The fourth-order valence-electron chi connectivity index (χ4n) is 4.21. The van der Waals surface area contributed by atoms with Crippen molar-refractivity contribution >= 4 is 20.4 Å². The van der Waals surface area contributed by atoms with Gasteiger partial charge in [0.2, 0.25) is 0 Å². The van der Waals surface area contributed by atoms with Crippen LogP contribution in [0.3, 0.4) is 0 Å². The highest BCUT2D eigenvalue weighted by atomic mass is 28.4. The molecule has 2 aliphatic heterocycles. The van der Waals surface area contributed by atoms with Crippen LogP contribution < -0.4 is 0 Å². The minimum atomic E-state index is -2.04. The molecule has 1 amide bonds. The van der Waals surface area contributed by atoms with Crippen LogP contribution >= 0.6 is 0 Å². The molecule has 0 radical (unpaired) electrons. The maximum Gasteiger partial charge on any atom is 0.410 e. The predicted octanol–water partition coefficient (Wildman–Crippen LogP) is 5.05. The van der Waals surface area contributed by atoms with Gasteiger partial charge in [-0.2, -0.15) is 0 Å². The van der Waals surface area contributed by atoms with Crippen molar-refractivity contribution in [3.63, 3.8) is 0 Å². The number of esters is 1. The van der Waals surface area contributed by atoms with Crippen LogP contribution in [-0.2, 0) is 18.7 Å². The number of amides is 1. The second-order valence-corrected chi connectivity index (χ2v) is 14.7. The lowest BCUT2D eigenvalue weighted by Gasteiger charge is -2.44. The average molecular weight is 434 g/mol. The van der Waals surface area contributed by atoms with Crippen molar-refractivity contribution < 1.29 is 23.5 Å². The van der Waals surface area contributed by atoms with Gasteiger partial charge in [-0.15, -0.1) is 0 Å². The van der Waals surface area contributed by atoms with Crippen LogP contribution in [0.25, 0.3) is 0 Å². The van der Waals surface area contributed by atoms with Gasteiger partial charge in [0.15, 0.2) is 8.32 Å². The summed E-state index contributed by atoms with van der Waals surface area (Å²) in [5.74, 6) is -0.239. The van der Waals surface area contributed by atoms with E-state index < -0.39 is 14.4 Å². The van der Waals surface area contributed by atoms with Crippen LogP contribution in [0.15, 0.2) is 30.3 Å². The number of methoxy groups -OCH3 is 1. The van der Waals surface area contributed by atoms with E-state index in [9.17, 15) is 9.59 Å². The summed E-state index contributed by atoms with van der Waals surface area (Å²) in [7, 11) is -0.653. The second-order valence-electron chi connectivity index (χ2n) is 9.92. The van der Waals surface area contributed by atoms with Crippen molar-refractivity contribution in [3.05, 3.63) is 35.9 Å². The molecule has 0 N–H and O–H groups in total. The molecule has 4 atom stereocenters. The van der Waals surface area contributed by atoms with E-state index in [-0.39, 0.29) is 41.7 Å². The quantitative estimate of drug-likeness (QED) is 0.480. The maximum absolute atomic E-state index is 12.7. The van der Waals surface area contributed by atoms with Crippen LogP contribution in [0, 0.1) is 0 Å². The van der Waals surface area contributed by atoms with Crippen LogP contribution in [0.1, 0.15) is 58.1 Å². The van der Waals surface area contributed by atoms with Gasteiger partial charge in [0.25, 0.3) is 0 Å².